The van der Waals surface area contributed by atoms with E-state index in [0.29, 0.717) is 0 Å². The third kappa shape index (κ3) is 4.16. The second kappa shape index (κ2) is 7.27. The summed E-state index contributed by atoms with van der Waals surface area (Å²) in [7, 11) is 0. The van der Waals surface area contributed by atoms with Gasteiger partial charge in [-0.3, -0.25) is 0 Å². The van der Waals surface area contributed by atoms with E-state index in [-0.39, 0.29) is 22.1 Å². The first kappa shape index (κ1) is 19.9. The zero-order chi connectivity index (χ0) is 20.5. The summed E-state index contributed by atoms with van der Waals surface area (Å²) in [6.07, 6.45) is 5.39. The molecule has 1 N–H and O–H groups in total. The summed E-state index contributed by atoms with van der Waals surface area (Å²) in [6, 6.07) is 12.2. The van der Waals surface area contributed by atoms with Crippen molar-refractivity contribution in [1.82, 2.24) is 0 Å². The Morgan fingerprint density at radius 1 is 0.964 bits per heavy atom. The summed E-state index contributed by atoms with van der Waals surface area (Å²) in [4.78, 5) is 23.1. The van der Waals surface area contributed by atoms with Gasteiger partial charge in [-0.25, -0.2) is 9.59 Å². The molecule has 4 nitrogen and oxygen atoms in total. The van der Waals surface area contributed by atoms with Gasteiger partial charge >= 0.3 is 11.9 Å². The van der Waals surface area contributed by atoms with Crippen molar-refractivity contribution < 1.29 is 19.4 Å². The van der Waals surface area contributed by atoms with Crippen molar-refractivity contribution in [1.29, 1.82) is 0 Å². The van der Waals surface area contributed by atoms with Crippen molar-refractivity contribution in [2.75, 3.05) is 0 Å². The number of esters is 1. The SMILES string of the molecule is CC1(C)CCC(C)(C)c2cc(/C=C/C(=O)Oc3cccc(C(=O)O)c3)ccc21. The van der Waals surface area contributed by atoms with Gasteiger partial charge in [0, 0.05) is 6.08 Å². The van der Waals surface area contributed by atoms with Crippen LogP contribution in [-0.2, 0) is 15.6 Å². The Morgan fingerprint density at radius 3 is 2.32 bits per heavy atom. The summed E-state index contributed by atoms with van der Waals surface area (Å²) >= 11 is 0. The van der Waals surface area contributed by atoms with Crippen molar-refractivity contribution in [3.63, 3.8) is 0 Å². The zero-order valence-electron chi connectivity index (χ0n) is 16.8. The third-order valence-electron chi connectivity index (χ3n) is 5.59. The summed E-state index contributed by atoms with van der Waals surface area (Å²) < 4.78 is 5.22. The number of benzene rings is 2. The highest BCUT2D eigenvalue weighted by atomic mass is 16.5. The molecule has 0 fully saturated rings. The predicted octanol–water partition coefficient (Wildman–Crippen LogP) is 5.35. The van der Waals surface area contributed by atoms with Gasteiger partial charge in [0.25, 0.3) is 0 Å². The van der Waals surface area contributed by atoms with Crippen LogP contribution in [0, 0.1) is 0 Å². The smallest absolute Gasteiger partial charge is 0.336 e. The molecule has 2 aromatic carbocycles. The van der Waals surface area contributed by atoms with Crippen molar-refractivity contribution in [2.24, 2.45) is 0 Å². The third-order valence-corrected chi connectivity index (χ3v) is 5.59. The van der Waals surface area contributed by atoms with E-state index in [0.717, 1.165) is 18.4 Å². The van der Waals surface area contributed by atoms with E-state index in [2.05, 4.69) is 39.8 Å². The lowest BCUT2D eigenvalue weighted by Crippen LogP contribution is -2.33. The second-order valence-electron chi connectivity index (χ2n) is 8.66. The number of hydrogen-bond acceptors (Lipinski definition) is 3. The molecule has 0 saturated heterocycles. The largest absolute Gasteiger partial charge is 0.478 e. The minimum Gasteiger partial charge on any atom is -0.478 e. The zero-order valence-corrected chi connectivity index (χ0v) is 16.8. The van der Waals surface area contributed by atoms with Crippen molar-refractivity contribution in [3.8, 4) is 5.75 Å². The Hall–Kier alpha value is -2.88. The number of carboxylic acids is 1. The molecule has 0 heterocycles. The summed E-state index contributed by atoms with van der Waals surface area (Å²) in [5.74, 6) is -1.39. The molecule has 146 valence electrons. The van der Waals surface area contributed by atoms with E-state index >= 15 is 0 Å². The van der Waals surface area contributed by atoms with Gasteiger partial charge in [-0.05, 0) is 64.6 Å². The highest BCUT2D eigenvalue weighted by Crippen LogP contribution is 2.45. The highest BCUT2D eigenvalue weighted by molar-refractivity contribution is 5.90. The van der Waals surface area contributed by atoms with Crippen LogP contribution < -0.4 is 4.74 Å². The lowest BCUT2D eigenvalue weighted by molar-refractivity contribution is -0.128. The fourth-order valence-corrected chi connectivity index (χ4v) is 3.72. The maximum atomic E-state index is 12.1. The first-order chi connectivity index (χ1) is 13.1. The van der Waals surface area contributed by atoms with Crippen LogP contribution in [0.1, 0.15) is 67.6 Å². The Labute approximate surface area is 165 Å². The number of fused-ring (bicyclic) bond motifs is 1. The minimum atomic E-state index is -1.06. The van der Waals surface area contributed by atoms with Gasteiger partial charge in [-0.15, -0.1) is 0 Å². The van der Waals surface area contributed by atoms with Crippen LogP contribution in [0.2, 0.25) is 0 Å². The lowest BCUT2D eigenvalue weighted by Gasteiger charge is -2.42. The quantitative estimate of drug-likeness (QED) is 0.442. The molecule has 0 radical (unpaired) electrons. The molecule has 0 bridgehead atoms. The van der Waals surface area contributed by atoms with Gasteiger partial charge in [0.15, 0.2) is 0 Å². The number of carbonyl (C=O) groups excluding carboxylic acids is 1. The van der Waals surface area contributed by atoms with E-state index < -0.39 is 11.9 Å². The van der Waals surface area contributed by atoms with Crippen LogP contribution >= 0.6 is 0 Å². The van der Waals surface area contributed by atoms with E-state index in [1.165, 1.54) is 29.3 Å². The van der Waals surface area contributed by atoms with Crippen molar-refractivity contribution in [3.05, 3.63) is 70.8 Å². The fourth-order valence-electron chi connectivity index (χ4n) is 3.72. The maximum Gasteiger partial charge on any atom is 0.336 e. The van der Waals surface area contributed by atoms with Gasteiger partial charge in [-0.1, -0.05) is 52.0 Å². The number of aromatic carboxylic acids is 1. The first-order valence-electron chi connectivity index (χ1n) is 9.47. The average Bonchev–Trinajstić information content (AvgIpc) is 2.64. The number of carboxylic acid groups (broad SMARTS) is 1. The first-order valence-corrected chi connectivity index (χ1v) is 9.47. The minimum absolute atomic E-state index is 0.0776. The highest BCUT2D eigenvalue weighted by Gasteiger charge is 2.36. The predicted molar refractivity (Wildman–Crippen MR) is 110 cm³/mol. The monoisotopic (exact) mass is 378 g/mol. The van der Waals surface area contributed by atoms with Gasteiger partial charge in [-0.2, -0.15) is 0 Å². The normalized spacial score (nSPS) is 17.1. The second-order valence-corrected chi connectivity index (χ2v) is 8.66. The molecule has 2 aromatic rings. The molecule has 0 atom stereocenters. The summed E-state index contributed by atoms with van der Waals surface area (Å²) in [5.41, 5.74) is 3.98. The Kier molecular flexibility index (Phi) is 5.16. The van der Waals surface area contributed by atoms with Gasteiger partial charge < -0.3 is 9.84 Å². The molecule has 1 aliphatic carbocycles. The molecule has 28 heavy (non-hydrogen) atoms. The number of hydrogen-bond donors (Lipinski definition) is 1. The van der Waals surface area contributed by atoms with Gasteiger partial charge in [0.05, 0.1) is 5.56 Å². The molecule has 0 aromatic heterocycles. The molecule has 0 spiro atoms. The molecule has 3 rings (SSSR count). The molecular formula is C24H26O4. The summed E-state index contributed by atoms with van der Waals surface area (Å²) in [6.45, 7) is 9.08. The van der Waals surface area contributed by atoms with Crippen LogP contribution in [0.4, 0.5) is 0 Å². The number of ether oxygens (including phenoxy) is 1. The Morgan fingerprint density at radius 2 is 1.64 bits per heavy atom. The molecule has 4 heteroatoms. The topological polar surface area (TPSA) is 63.6 Å². The average molecular weight is 378 g/mol. The van der Waals surface area contributed by atoms with Gasteiger partial charge in [0.1, 0.15) is 5.75 Å². The number of rotatable bonds is 4. The lowest BCUT2D eigenvalue weighted by atomic mass is 9.63. The summed E-state index contributed by atoms with van der Waals surface area (Å²) in [5, 5.41) is 9.02. The Bertz CT molecular complexity index is 951. The van der Waals surface area contributed by atoms with Crippen molar-refractivity contribution >= 4 is 18.0 Å². The fraction of sp³-hybridized carbons (Fsp3) is 0.333. The van der Waals surface area contributed by atoms with Crippen LogP contribution in [0.25, 0.3) is 6.08 Å². The standard InChI is InChI=1S/C24H26O4/c1-23(2)12-13-24(3,4)20-14-16(8-10-19(20)23)9-11-21(25)28-18-7-5-6-17(15-18)22(26)27/h5-11,14-15H,12-13H2,1-4H3,(H,26,27)/b11-9+. The van der Waals surface area contributed by atoms with Gasteiger partial charge in [0.2, 0.25) is 0 Å². The molecule has 0 unspecified atom stereocenters. The van der Waals surface area contributed by atoms with Crippen molar-refractivity contribution in [2.45, 2.75) is 51.4 Å². The van der Waals surface area contributed by atoms with Crippen LogP contribution in [0.15, 0.2) is 48.5 Å². The molecule has 0 aliphatic heterocycles. The molecule has 0 amide bonds. The maximum absolute atomic E-state index is 12.1. The number of carbonyl (C=O) groups is 2. The van der Waals surface area contributed by atoms with E-state index in [1.807, 2.05) is 6.07 Å². The molecule has 0 saturated carbocycles. The van der Waals surface area contributed by atoms with E-state index in [1.54, 1.807) is 18.2 Å². The van der Waals surface area contributed by atoms with Crippen LogP contribution in [-0.4, -0.2) is 17.0 Å². The van der Waals surface area contributed by atoms with E-state index in [4.69, 9.17) is 9.84 Å². The van der Waals surface area contributed by atoms with Crippen LogP contribution in [0.3, 0.4) is 0 Å². The Balaban J connectivity index is 1.78. The molecule has 1 aliphatic rings. The van der Waals surface area contributed by atoms with E-state index in [9.17, 15) is 9.59 Å². The molecular weight excluding hydrogens is 352 g/mol. The van der Waals surface area contributed by atoms with Crippen LogP contribution in [0.5, 0.6) is 5.75 Å².